The Balaban J connectivity index is 1.83. The van der Waals surface area contributed by atoms with E-state index in [0.717, 1.165) is 21.5 Å². The van der Waals surface area contributed by atoms with Crippen molar-refractivity contribution in [3.05, 3.63) is 87.7 Å². The lowest BCUT2D eigenvalue weighted by Gasteiger charge is -2.20. The van der Waals surface area contributed by atoms with Crippen molar-refractivity contribution in [3.63, 3.8) is 0 Å². The van der Waals surface area contributed by atoms with Crippen LogP contribution in [0.5, 0.6) is 0 Å². The van der Waals surface area contributed by atoms with E-state index >= 15 is 0 Å². The number of fused-ring (bicyclic) bond motifs is 1. The third kappa shape index (κ3) is 3.61. The van der Waals surface area contributed by atoms with Gasteiger partial charge in [-0.25, -0.2) is 4.98 Å². The first kappa shape index (κ1) is 18.9. The standard InChI is InChI=1S/C21H15Cl2N3OS/c1-13-9-10-17(23)19-18(13)25-21(28-19)26(12-14-6-4-5-11-24-14)20(27)15-7-2-3-8-16(15)22/h2-11H,12H2,1H3. The van der Waals surface area contributed by atoms with Crippen molar-refractivity contribution in [3.8, 4) is 0 Å². The van der Waals surface area contributed by atoms with Gasteiger partial charge in [0.2, 0.25) is 0 Å². The monoisotopic (exact) mass is 427 g/mol. The Morgan fingerprint density at radius 3 is 2.54 bits per heavy atom. The molecule has 0 saturated heterocycles. The molecule has 0 saturated carbocycles. The van der Waals surface area contributed by atoms with E-state index in [4.69, 9.17) is 28.2 Å². The highest BCUT2D eigenvalue weighted by molar-refractivity contribution is 7.23. The molecule has 0 aliphatic rings. The highest BCUT2D eigenvalue weighted by Crippen LogP contribution is 2.37. The minimum atomic E-state index is -0.232. The molecule has 7 heteroatoms. The molecular formula is C21H15Cl2N3OS. The van der Waals surface area contributed by atoms with Crippen LogP contribution in [0.15, 0.2) is 60.8 Å². The topological polar surface area (TPSA) is 46.1 Å². The first-order valence-electron chi connectivity index (χ1n) is 8.56. The van der Waals surface area contributed by atoms with Gasteiger partial charge in [0.05, 0.1) is 38.1 Å². The molecule has 4 aromatic rings. The van der Waals surface area contributed by atoms with Crippen LogP contribution in [-0.2, 0) is 6.54 Å². The van der Waals surface area contributed by atoms with E-state index in [2.05, 4.69) is 4.98 Å². The number of halogens is 2. The highest BCUT2D eigenvalue weighted by Gasteiger charge is 2.24. The van der Waals surface area contributed by atoms with E-state index in [-0.39, 0.29) is 12.5 Å². The van der Waals surface area contributed by atoms with Gasteiger partial charge in [-0.3, -0.25) is 14.7 Å². The first-order valence-corrected chi connectivity index (χ1v) is 10.1. The number of hydrogen-bond acceptors (Lipinski definition) is 4. The van der Waals surface area contributed by atoms with Crippen LogP contribution in [0.3, 0.4) is 0 Å². The van der Waals surface area contributed by atoms with Crippen molar-refractivity contribution in [2.75, 3.05) is 4.90 Å². The van der Waals surface area contributed by atoms with Crippen LogP contribution in [-0.4, -0.2) is 15.9 Å². The molecular weight excluding hydrogens is 413 g/mol. The van der Waals surface area contributed by atoms with Crippen molar-refractivity contribution in [2.45, 2.75) is 13.5 Å². The molecule has 0 N–H and O–H groups in total. The third-order valence-electron chi connectivity index (χ3n) is 4.31. The number of thiazole rings is 1. The molecule has 2 aromatic heterocycles. The molecule has 0 atom stereocenters. The summed E-state index contributed by atoms with van der Waals surface area (Å²) in [5, 5.41) is 1.57. The number of benzene rings is 2. The molecule has 2 aromatic carbocycles. The summed E-state index contributed by atoms with van der Waals surface area (Å²) in [4.78, 5) is 24.0. The largest absolute Gasteiger partial charge is 0.278 e. The summed E-state index contributed by atoms with van der Waals surface area (Å²) in [6, 6.07) is 16.4. The average molecular weight is 428 g/mol. The van der Waals surface area contributed by atoms with Gasteiger partial charge in [0, 0.05) is 6.20 Å². The minimum absolute atomic E-state index is 0.232. The van der Waals surface area contributed by atoms with E-state index in [1.807, 2.05) is 37.3 Å². The van der Waals surface area contributed by atoms with Crippen molar-refractivity contribution in [1.82, 2.24) is 9.97 Å². The number of aryl methyl sites for hydroxylation is 1. The summed E-state index contributed by atoms with van der Waals surface area (Å²) in [7, 11) is 0. The highest BCUT2D eigenvalue weighted by atomic mass is 35.5. The number of hydrogen-bond donors (Lipinski definition) is 0. The van der Waals surface area contributed by atoms with Gasteiger partial charge in [-0.2, -0.15) is 0 Å². The maximum Gasteiger partial charge on any atom is 0.261 e. The summed E-state index contributed by atoms with van der Waals surface area (Å²) < 4.78 is 0.856. The second kappa shape index (κ2) is 7.87. The Kier molecular flexibility index (Phi) is 5.31. The predicted molar refractivity (Wildman–Crippen MR) is 116 cm³/mol. The maximum atomic E-state index is 13.4. The van der Waals surface area contributed by atoms with Crippen LogP contribution in [0.25, 0.3) is 10.2 Å². The van der Waals surface area contributed by atoms with Gasteiger partial charge in [0.1, 0.15) is 0 Å². The molecule has 0 fully saturated rings. The summed E-state index contributed by atoms with van der Waals surface area (Å²) in [6.45, 7) is 2.25. The normalized spacial score (nSPS) is 11.0. The SMILES string of the molecule is Cc1ccc(Cl)c2sc(N(Cc3ccccn3)C(=O)c3ccccc3Cl)nc12. The molecule has 0 aliphatic heterocycles. The smallest absolute Gasteiger partial charge is 0.261 e. The van der Waals surface area contributed by atoms with Crippen LogP contribution in [0.1, 0.15) is 21.6 Å². The molecule has 140 valence electrons. The van der Waals surface area contributed by atoms with Gasteiger partial charge in [0.25, 0.3) is 5.91 Å². The van der Waals surface area contributed by atoms with Crippen LogP contribution in [0.2, 0.25) is 10.0 Å². The predicted octanol–water partition coefficient (Wildman–Crippen LogP) is 6.15. The van der Waals surface area contributed by atoms with Crippen molar-refractivity contribution >= 4 is 55.8 Å². The zero-order valence-corrected chi connectivity index (χ0v) is 17.2. The van der Waals surface area contributed by atoms with Gasteiger partial charge >= 0.3 is 0 Å². The van der Waals surface area contributed by atoms with Crippen LogP contribution >= 0.6 is 34.5 Å². The number of carbonyl (C=O) groups is 1. The Hall–Kier alpha value is -2.47. The molecule has 0 radical (unpaired) electrons. The van der Waals surface area contributed by atoms with Crippen LogP contribution in [0, 0.1) is 6.92 Å². The van der Waals surface area contributed by atoms with Gasteiger partial charge in [-0.15, -0.1) is 0 Å². The number of amides is 1. The van der Waals surface area contributed by atoms with Gasteiger partial charge in [-0.05, 0) is 42.8 Å². The quantitative estimate of drug-likeness (QED) is 0.392. The molecule has 0 unspecified atom stereocenters. The van der Waals surface area contributed by atoms with Crippen molar-refractivity contribution in [2.24, 2.45) is 0 Å². The van der Waals surface area contributed by atoms with E-state index in [1.165, 1.54) is 11.3 Å². The minimum Gasteiger partial charge on any atom is -0.278 e. The molecule has 1 amide bonds. The molecule has 4 rings (SSSR count). The molecule has 2 heterocycles. The summed E-state index contributed by atoms with van der Waals surface area (Å²) in [5.74, 6) is -0.232. The fourth-order valence-corrected chi connectivity index (χ4v) is 4.40. The summed E-state index contributed by atoms with van der Waals surface area (Å²) in [6.07, 6.45) is 1.70. The second-order valence-electron chi connectivity index (χ2n) is 6.23. The Morgan fingerprint density at radius 2 is 1.82 bits per heavy atom. The molecule has 0 spiro atoms. The van der Waals surface area contributed by atoms with Crippen molar-refractivity contribution < 1.29 is 4.79 Å². The summed E-state index contributed by atoms with van der Waals surface area (Å²) in [5.41, 5.74) is 2.97. The second-order valence-corrected chi connectivity index (χ2v) is 8.02. The number of carbonyl (C=O) groups excluding carboxylic acids is 1. The fourth-order valence-electron chi connectivity index (χ4n) is 2.87. The lowest BCUT2D eigenvalue weighted by Crippen LogP contribution is -2.31. The van der Waals surface area contributed by atoms with E-state index in [1.54, 1.807) is 35.4 Å². The lowest BCUT2D eigenvalue weighted by atomic mass is 10.2. The number of pyridine rings is 1. The van der Waals surface area contributed by atoms with Gasteiger partial charge < -0.3 is 0 Å². The number of anilines is 1. The zero-order valence-electron chi connectivity index (χ0n) is 14.9. The van der Waals surface area contributed by atoms with Crippen LogP contribution < -0.4 is 4.90 Å². The van der Waals surface area contributed by atoms with E-state index in [0.29, 0.717) is 20.7 Å². The van der Waals surface area contributed by atoms with Gasteiger partial charge in [-0.1, -0.05) is 58.8 Å². The average Bonchev–Trinajstić information content (AvgIpc) is 3.16. The lowest BCUT2D eigenvalue weighted by molar-refractivity contribution is 0.0985. The Morgan fingerprint density at radius 1 is 1.04 bits per heavy atom. The number of nitrogens with zero attached hydrogens (tertiary/aromatic N) is 3. The fraction of sp³-hybridized carbons (Fsp3) is 0.0952. The molecule has 28 heavy (non-hydrogen) atoms. The van der Waals surface area contributed by atoms with Gasteiger partial charge in [0.15, 0.2) is 5.13 Å². The summed E-state index contributed by atoms with van der Waals surface area (Å²) >= 11 is 14.0. The number of aromatic nitrogens is 2. The molecule has 4 nitrogen and oxygen atoms in total. The molecule has 0 aliphatic carbocycles. The van der Waals surface area contributed by atoms with Crippen LogP contribution in [0.4, 0.5) is 5.13 Å². The Bertz CT molecular complexity index is 1120. The Labute approximate surface area is 176 Å². The van der Waals surface area contributed by atoms with E-state index in [9.17, 15) is 4.79 Å². The third-order valence-corrected chi connectivity index (χ3v) is 6.18. The van der Waals surface area contributed by atoms with Crippen molar-refractivity contribution in [1.29, 1.82) is 0 Å². The first-order chi connectivity index (χ1) is 13.5. The van der Waals surface area contributed by atoms with E-state index < -0.39 is 0 Å². The molecule has 0 bridgehead atoms. The zero-order chi connectivity index (χ0) is 19.7. The maximum absolute atomic E-state index is 13.4. The number of rotatable bonds is 4.